The largest absolute Gasteiger partial charge is 0.464 e. The molecule has 1 aromatic heterocycles. The predicted octanol–water partition coefficient (Wildman–Crippen LogP) is 3.46. The molecule has 0 radical (unpaired) electrons. The maximum absolute atomic E-state index is 12.6. The third-order valence-corrected chi connectivity index (χ3v) is 3.89. The third kappa shape index (κ3) is 3.42. The molecule has 0 aromatic carbocycles. The van der Waals surface area contributed by atoms with Crippen molar-refractivity contribution in [1.82, 2.24) is 4.90 Å². The van der Waals surface area contributed by atoms with Crippen LogP contribution in [0, 0.1) is 6.92 Å². The Morgan fingerprint density at radius 3 is 2.90 bits per heavy atom. The minimum Gasteiger partial charge on any atom is -0.464 e. The van der Waals surface area contributed by atoms with Gasteiger partial charge in [-0.1, -0.05) is 12.8 Å². The van der Waals surface area contributed by atoms with Gasteiger partial charge in [0.05, 0.1) is 6.04 Å². The average Bonchev–Trinajstić information content (AvgIpc) is 2.72. The van der Waals surface area contributed by atoms with Gasteiger partial charge in [-0.3, -0.25) is 4.79 Å². The Balaban J connectivity index is 2.18. The Morgan fingerprint density at radius 1 is 1.45 bits per heavy atom. The van der Waals surface area contributed by atoms with Gasteiger partial charge in [-0.25, -0.2) is 0 Å². The summed E-state index contributed by atoms with van der Waals surface area (Å²) < 4.78 is 11.2. The fourth-order valence-electron chi connectivity index (χ4n) is 2.86. The topological polar surface area (TPSA) is 42.7 Å². The molecule has 4 heteroatoms. The average molecular weight is 279 g/mol. The summed E-state index contributed by atoms with van der Waals surface area (Å²) in [5.41, 5.74) is 0. The van der Waals surface area contributed by atoms with Crippen molar-refractivity contribution >= 4 is 5.91 Å². The molecule has 0 unspecified atom stereocenters. The van der Waals surface area contributed by atoms with E-state index < -0.39 is 0 Å². The molecule has 0 aliphatic carbocycles. The van der Waals surface area contributed by atoms with Crippen LogP contribution in [0.4, 0.5) is 0 Å². The lowest BCUT2D eigenvalue weighted by Crippen LogP contribution is -2.41. The molecule has 2 heterocycles. The Bertz CT molecular complexity index is 441. The number of carbonyl (C=O) groups excluding carboxylic acids is 1. The smallest absolute Gasteiger partial charge is 0.252 e. The van der Waals surface area contributed by atoms with Gasteiger partial charge in [0.2, 0.25) is 0 Å². The number of likely N-dealkylation sites (tertiary alicyclic amines) is 1. The highest BCUT2D eigenvalue weighted by Gasteiger charge is 2.31. The normalized spacial score (nSPS) is 21.6. The molecular formula is C16H25NO3. The second kappa shape index (κ2) is 6.93. The summed E-state index contributed by atoms with van der Waals surface area (Å²) in [7, 11) is 0. The highest BCUT2D eigenvalue weighted by Crippen LogP contribution is 2.31. The summed E-state index contributed by atoms with van der Waals surface area (Å²) in [6.45, 7) is 7.04. The van der Waals surface area contributed by atoms with E-state index in [1.54, 1.807) is 0 Å². The van der Waals surface area contributed by atoms with Crippen molar-refractivity contribution in [2.75, 3.05) is 13.2 Å². The number of ether oxygens (including phenoxy) is 1. The second-order valence-corrected chi connectivity index (χ2v) is 5.44. The number of nitrogens with zero attached hydrogens (tertiary/aromatic N) is 1. The lowest BCUT2D eigenvalue weighted by atomic mass is 10.1. The van der Waals surface area contributed by atoms with E-state index in [4.69, 9.17) is 9.15 Å². The highest BCUT2D eigenvalue weighted by molar-refractivity contribution is 5.81. The van der Waals surface area contributed by atoms with E-state index in [1.165, 1.54) is 6.42 Å². The third-order valence-electron chi connectivity index (χ3n) is 3.89. The molecule has 1 aromatic rings. The van der Waals surface area contributed by atoms with Gasteiger partial charge >= 0.3 is 0 Å². The summed E-state index contributed by atoms with van der Waals surface area (Å²) in [4.78, 5) is 14.5. The Kier molecular flexibility index (Phi) is 5.24. The van der Waals surface area contributed by atoms with Crippen molar-refractivity contribution in [2.24, 2.45) is 0 Å². The summed E-state index contributed by atoms with van der Waals surface area (Å²) >= 11 is 0. The standard InChI is InChI=1S/C16H25NO3/c1-4-19-13(3)16(18)17-11-7-5-6-8-14(17)15-10-9-12(2)20-15/h9-10,13-14H,4-8,11H2,1-3H3/t13-,14-/m0/s1. The van der Waals surface area contributed by atoms with Gasteiger partial charge in [0.25, 0.3) is 5.91 Å². The molecule has 1 fully saturated rings. The maximum atomic E-state index is 12.6. The van der Waals surface area contributed by atoms with Crippen molar-refractivity contribution in [2.45, 2.75) is 58.6 Å². The molecule has 2 rings (SSSR count). The van der Waals surface area contributed by atoms with E-state index in [0.29, 0.717) is 6.61 Å². The molecular weight excluding hydrogens is 254 g/mol. The van der Waals surface area contributed by atoms with Gasteiger partial charge in [-0.15, -0.1) is 0 Å². The zero-order chi connectivity index (χ0) is 14.5. The maximum Gasteiger partial charge on any atom is 0.252 e. The molecule has 1 aliphatic heterocycles. The van der Waals surface area contributed by atoms with Crippen LogP contribution in [0.1, 0.15) is 57.1 Å². The molecule has 1 aliphatic rings. The number of amides is 1. The van der Waals surface area contributed by atoms with E-state index in [1.807, 2.05) is 37.8 Å². The first-order chi connectivity index (χ1) is 9.63. The van der Waals surface area contributed by atoms with Gasteiger partial charge in [0, 0.05) is 13.2 Å². The van der Waals surface area contributed by atoms with Crippen molar-refractivity contribution in [3.05, 3.63) is 23.7 Å². The van der Waals surface area contributed by atoms with Crippen molar-refractivity contribution in [3.8, 4) is 0 Å². The number of carbonyl (C=O) groups is 1. The molecule has 20 heavy (non-hydrogen) atoms. The van der Waals surface area contributed by atoms with Crippen LogP contribution in [-0.4, -0.2) is 30.1 Å². The number of furan rings is 1. The quantitative estimate of drug-likeness (QED) is 0.847. The molecule has 0 bridgehead atoms. The molecule has 1 amide bonds. The van der Waals surface area contributed by atoms with Gasteiger partial charge in [-0.2, -0.15) is 0 Å². The van der Waals surface area contributed by atoms with E-state index in [9.17, 15) is 4.79 Å². The molecule has 4 nitrogen and oxygen atoms in total. The zero-order valence-corrected chi connectivity index (χ0v) is 12.7. The minimum absolute atomic E-state index is 0.0570. The summed E-state index contributed by atoms with van der Waals surface area (Å²) in [5.74, 6) is 1.88. The predicted molar refractivity (Wildman–Crippen MR) is 77.5 cm³/mol. The second-order valence-electron chi connectivity index (χ2n) is 5.44. The highest BCUT2D eigenvalue weighted by atomic mass is 16.5. The molecule has 2 atom stereocenters. The first-order valence-electron chi connectivity index (χ1n) is 7.62. The monoisotopic (exact) mass is 279 g/mol. The number of hydrogen-bond acceptors (Lipinski definition) is 3. The van der Waals surface area contributed by atoms with Crippen LogP contribution in [0.3, 0.4) is 0 Å². The zero-order valence-electron chi connectivity index (χ0n) is 12.7. The van der Waals surface area contributed by atoms with Crippen LogP contribution in [0.5, 0.6) is 0 Å². The SMILES string of the molecule is CCO[C@@H](C)C(=O)N1CCCCC[C@H]1c1ccc(C)o1. The van der Waals surface area contributed by atoms with Crippen molar-refractivity contribution in [1.29, 1.82) is 0 Å². The minimum atomic E-state index is -0.378. The first-order valence-corrected chi connectivity index (χ1v) is 7.62. The van der Waals surface area contributed by atoms with Crippen LogP contribution in [-0.2, 0) is 9.53 Å². The Labute approximate surface area is 121 Å². The number of hydrogen-bond donors (Lipinski definition) is 0. The first kappa shape index (κ1) is 15.1. The van der Waals surface area contributed by atoms with Gasteiger partial charge in [0.15, 0.2) is 0 Å². The summed E-state index contributed by atoms with van der Waals surface area (Å²) in [6.07, 6.45) is 3.95. The summed E-state index contributed by atoms with van der Waals surface area (Å²) in [5, 5.41) is 0. The van der Waals surface area contributed by atoms with E-state index in [0.717, 1.165) is 37.3 Å². The van der Waals surface area contributed by atoms with Gasteiger partial charge in [-0.05, 0) is 45.7 Å². The lowest BCUT2D eigenvalue weighted by molar-refractivity contribution is -0.145. The fourth-order valence-corrected chi connectivity index (χ4v) is 2.86. The number of aryl methyl sites for hydroxylation is 1. The van der Waals surface area contributed by atoms with Gasteiger partial charge in [0.1, 0.15) is 17.6 Å². The molecule has 0 spiro atoms. The van der Waals surface area contributed by atoms with Crippen molar-refractivity contribution in [3.63, 3.8) is 0 Å². The van der Waals surface area contributed by atoms with Crippen LogP contribution < -0.4 is 0 Å². The molecule has 112 valence electrons. The Morgan fingerprint density at radius 2 is 2.25 bits per heavy atom. The molecule has 0 saturated carbocycles. The van der Waals surface area contributed by atoms with E-state index >= 15 is 0 Å². The Hall–Kier alpha value is -1.29. The fraction of sp³-hybridized carbons (Fsp3) is 0.688. The molecule has 0 N–H and O–H groups in total. The van der Waals surface area contributed by atoms with Crippen LogP contribution in [0.25, 0.3) is 0 Å². The van der Waals surface area contributed by atoms with Crippen LogP contribution >= 0.6 is 0 Å². The molecule has 1 saturated heterocycles. The van der Waals surface area contributed by atoms with Crippen molar-refractivity contribution < 1.29 is 13.9 Å². The van der Waals surface area contributed by atoms with E-state index in [2.05, 4.69) is 0 Å². The van der Waals surface area contributed by atoms with Gasteiger partial charge < -0.3 is 14.1 Å². The summed E-state index contributed by atoms with van der Waals surface area (Å²) in [6, 6.07) is 4.02. The van der Waals surface area contributed by atoms with E-state index in [-0.39, 0.29) is 18.1 Å². The van der Waals surface area contributed by atoms with Crippen LogP contribution in [0.15, 0.2) is 16.5 Å². The lowest BCUT2D eigenvalue weighted by Gasteiger charge is -2.30. The van der Waals surface area contributed by atoms with Crippen LogP contribution in [0.2, 0.25) is 0 Å². The number of rotatable bonds is 4.